The summed E-state index contributed by atoms with van der Waals surface area (Å²) in [5, 5.41) is 2.87. The topological polar surface area (TPSA) is 58.6 Å². The Morgan fingerprint density at radius 1 is 1.37 bits per heavy atom. The molecule has 0 bridgehead atoms. The summed E-state index contributed by atoms with van der Waals surface area (Å²) in [6, 6.07) is 0. The molecule has 0 spiro atoms. The van der Waals surface area contributed by atoms with E-state index in [1.54, 1.807) is 0 Å². The maximum atomic E-state index is 12.6. The van der Waals surface area contributed by atoms with Gasteiger partial charge in [0.25, 0.3) is 0 Å². The average Bonchev–Trinajstić information content (AvgIpc) is 2.52. The summed E-state index contributed by atoms with van der Waals surface area (Å²) in [6.45, 7) is 6.64. The van der Waals surface area contributed by atoms with Crippen molar-refractivity contribution >= 4 is 11.8 Å². The molecule has 1 N–H and O–H groups in total. The lowest BCUT2D eigenvalue weighted by molar-refractivity contribution is -0.139. The van der Waals surface area contributed by atoms with Crippen molar-refractivity contribution in [2.45, 2.75) is 45.1 Å². The van der Waals surface area contributed by atoms with Gasteiger partial charge in [0.2, 0.25) is 11.8 Å². The summed E-state index contributed by atoms with van der Waals surface area (Å²) >= 11 is 0. The smallest absolute Gasteiger partial charge is 0.248 e. The van der Waals surface area contributed by atoms with Gasteiger partial charge in [0.1, 0.15) is 5.54 Å². The number of nitrogens with zero attached hydrogens (tertiary/aromatic N) is 1. The fraction of sp³-hybridized carbons (Fsp3) is 0.857. The highest BCUT2D eigenvalue weighted by atomic mass is 16.5. The van der Waals surface area contributed by atoms with Crippen molar-refractivity contribution in [3.8, 4) is 0 Å². The van der Waals surface area contributed by atoms with Gasteiger partial charge in [0.05, 0.1) is 0 Å². The Bertz CT molecular complexity index is 353. The number of nitrogens with one attached hydrogen (secondary N) is 1. The van der Waals surface area contributed by atoms with Crippen molar-refractivity contribution in [3.05, 3.63) is 0 Å². The Kier molecular flexibility index (Phi) is 4.45. The minimum absolute atomic E-state index is 0.0211. The van der Waals surface area contributed by atoms with E-state index in [-0.39, 0.29) is 11.8 Å². The summed E-state index contributed by atoms with van der Waals surface area (Å²) < 4.78 is 5.35. The highest BCUT2D eigenvalue weighted by Gasteiger charge is 2.39. The Morgan fingerprint density at radius 3 is 2.68 bits per heavy atom. The zero-order valence-electron chi connectivity index (χ0n) is 11.9. The van der Waals surface area contributed by atoms with E-state index in [9.17, 15) is 9.59 Å². The number of carbonyl (C=O) groups excluding carboxylic acids is 2. The van der Waals surface area contributed by atoms with Gasteiger partial charge >= 0.3 is 0 Å². The first kappa shape index (κ1) is 14.3. The molecule has 0 saturated carbocycles. The van der Waals surface area contributed by atoms with Gasteiger partial charge in [0, 0.05) is 32.7 Å². The van der Waals surface area contributed by atoms with E-state index in [1.165, 1.54) is 0 Å². The predicted molar refractivity (Wildman–Crippen MR) is 71.6 cm³/mol. The van der Waals surface area contributed by atoms with Crippen molar-refractivity contribution < 1.29 is 14.3 Å². The van der Waals surface area contributed by atoms with E-state index in [4.69, 9.17) is 4.74 Å². The normalized spacial score (nSPS) is 30.1. The maximum Gasteiger partial charge on any atom is 0.248 e. The lowest BCUT2D eigenvalue weighted by Gasteiger charge is -2.34. The third-order valence-electron chi connectivity index (χ3n) is 4.31. The Balaban J connectivity index is 2.05. The molecule has 0 aromatic rings. The third kappa shape index (κ3) is 3.26. The zero-order valence-corrected chi connectivity index (χ0v) is 11.9. The Labute approximate surface area is 114 Å². The van der Waals surface area contributed by atoms with Crippen LogP contribution in [0.5, 0.6) is 0 Å². The molecular weight excluding hydrogens is 244 g/mol. The van der Waals surface area contributed by atoms with Crippen LogP contribution in [0.25, 0.3) is 0 Å². The van der Waals surface area contributed by atoms with Crippen LogP contribution in [0.15, 0.2) is 0 Å². The third-order valence-corrected chi connectivity index (χ3v) is 4.31. The molecule has 0 aromatic carbocycles. The number of rotatable bonds is 3. The molecule has 108 valence electrons. The van der Waals surface area contributed by atoms with E-state index >= 15 is 0 Å². The molecule has 2 aliphatic rings. The minimum atomic E-state index is -0.737. The van der Waals surface area contributed by atoms with Crippen molar-refractivity contribution in [3.63, 3.8) is 0 Å². The lowest BCUT2D eigenvalue weighted by Crippen LogP contribution is -2.55. The SMILES string of the molecule is CCC1(C)NC(=O)CCN(CC2CCOCC2)C1=O. The van der Waals surface area contributed by atoms with Crippen LogP contribution in [0, 0.1) is 5.92 Å². The van der Waals surface area contributed by atoms with Crippen molar-refractivity contribution in [1.29, 1.82) is 0 Å². The van der Waals surface area contributed by atoms with Gasteiger partial charge < -0.3 is 15.0 Å². The van der Waals surface area contributed by atoms with Gasteiger partial charge in [-0.25, -0.2) is 0 Å². The van der Waals surface area contributed by atoms with Crippen LogP contribution in [-0.4, -0.2) is 48.6 Å². The number of hydrogen-bond donors (Lipinski definition) is 1. The molecule has 1 unspecified atom stereocenters. The predicted octanol–water partition coefficient (Wildman–Crippen LogP) is 0.930. The van der Waals surface area contributed by atoms with Crippen LogP contribution in [0.3, 0.4) is 0 Å². The largest absolute Gasteiger partial charge is 0.381 e. The van der Waals surface area contributed by atoms with Crippen molar-refractivity contribution in [2.75, 3.05) is 26.3 Å². The molecule has 2 heterocycles. The fourth-order valence-corrected chi connectivity index (χ4v) is 2.77. The number of ether oxygens (including phenoxy) is 1. The standard InChI is InChI=1S/C14H24N2O3/c1-3-14(2)13(18)16(7-4-12(17)15-14)10-11-5-8-19-9-6-11/h11H,3-10H2,1-2H3,(H,15,17). The molecule has 0 radical (unpaired) electrons. The van der Waals surface area contributed by atoms with Gasteiger partial charge in [-0.2, -0.15) is 0 Å². The Hall–Kier alpha value is -1.10. The van der Waals surface area contributed by atoms with Gasteiger partial charge in [-0.05, 0) is 32.1 Å². The molecule has 1 atom stereocenters. The van der Waals surface area contributed by atoms with Gasteiger partial charge in [-0.1, -0.05) is 6.92 Å². The molecule has 5 heteroatoms. The second kappa shape index (κ2) is 5.90. The summed E-state index contributed by atoms with van der Waals surface area (Å²) in [5.74, 6) is 0.548. The minimum Gasteiger partial charge on any atom is -0.381 e. The summed E-state index contributed by atoms with van der Waals surface area (Å²) in [4.78, 5) is 26.2. The highest BCUT2D eigenvalue weighted by Crippen LogP contribution is 2.22. The second-order valence-corrected chi connectivity index (χ2v) is 5.79. The molecule has 0 aliphatic carbocycles. The number of hydrogen-bond acceptors (Lipinski definition) is 3. The van der Waals surface area contributed by atoms with E-state index in [0.29, 0.717) is 25.3 Å². The quantitative estimate of drug-likeness (QED) is 0.828. The molecule has 2 saturated heterocycles. The van der Waals surface area contributed by atoms with Crippen LogP contribution in [0.4, 0.5) is 0 Å². The van der Waals surface area contributed by atoms with Crippen molar-refractivity contribution in [1.82, 2.24) is 10.2 Å². The molecular formula is C14H24N2O3. The molecule has 19 heavy (non-hydrogen) atoms. The Morgan fingerprint density at radius 2 is 2.05 bits per heavy atom. The maximum absolute atomic E-state index is 12.6. The summed E-state index contributed by atoms with van der Waals surface area (Å²) in [7, 11) is 0. The monoisotopic (exact) mass is 268 g/mol. The summed E-state index contributed by atoms with van der Waals surface area (Å²) in [6.07, 6.45) is 3.05. The first-order valence-corrected chi connectivity index (χ1v) is 7.23. The highest BCUT2D eigenvalue weighted by molar-refractivity contribution is 5.93. The van der Waals surface area contributed by atoms with Crippen LogP contribution in [-0.2, 0) is 14.3 Å². The fourth-order valence-electron chi connectivity index (χ4n) is 2.77. The van der Waals surface area contributed by atoms with Gasteiger partial charge in [-0.15, -0.1) is 0 Å². The molecule has 2 amide bonds. The number of amides is 2. The van der Waals surface area contributed by atoms with E-state index < -0.39 is 5.54 Å². The van der Waals surface area contributed by atoms with Crippen LogP contribution >= 0.6 is 0 Å². The van der Waals surface area contributed by atoms with Crippen LogP contribution < -0.4 is 5.32 Å². The lowest BCUT2D eigenvalue weighted by atomic mass is 9.95. The molecule has 2 rings (SSSR count). The number of carbonyl (C=O) groups is 2. The van der Waals surface area contributed by atoms with Gasteiger partial charge in [0.15, 0.2) is 0 Å². The van der Waals surface area contributed by atoms with Crippen molar-refractivity contribution in [2.24, 2.45) is 5.92 Å². The second-order valence-electron chi connectivity index (χ2n) is 5.79. The molecule has 0 aromatic heterocycles. The molecule has 2 fully saturated rings. The van der Waals surface area contributed by atoms with E-state index in [0.717, 1.165) is 32.6 Å². The van der Waals surface area contributed by atoms with Gasteiger partial charge in [-0.3, -0.25) is 9.59 Å². The molecule has 2 aliphatic heterocycles. The van der Waals surface area contributed by atoms with Crippen LogP contribution in [0.2, 0.25) is 0 Å². The van der Waals surface area contributed by atoms with Crippen LogP contribution in [0.1, 0.15) is 39.5 Å². The van der Waals surface area contributed by atoms with E-state index in [1.807, 2.05) is 18.7 Å². The average molecular weight is 268 g/mol. The summed E-state index contributed by atoms with van der Waals surface area (Å²) in [5.41, 5.74) is -0.737. The first-order valence-electron chi connectivity index (χ1n) is 7.23. The first-order chi connectivity index (χ1) is 9.05. The van der Waals surface area contributed by atoms with E-state index in [2.05, 4.69) is 5.32 Å². The molecule has 5 nitrogen and oxygen atoms in total. The zero-order chi connectivity index (χ0) is 13.9.